The number of fused-ring (bicyclic) bond motifs is 1. The number of nitrogens with zero attached hydrogens (tertiary/aromatic N) is 2. The van der Waals surface area contributed by atoms with E-state index >= 15 is 0 Å². The molecule has 0 fully saturated rings. The average Bonchev–Trinajstić information content (AvgIpc) is 3.30. The predicted octanol–water partition coefficient (Wildman–Crippen LogP) is 4.96. The van der Waals surface area contributed by atoms with Crippen molar-refractivity contribution in [2.24, 2.45) is 4.99 Å². The monoisotopic (exact) mass is 444 g/mol. The SMILES string of the molecule is COc1ccc2c(c1)C(CC(=O)c1cccc(C(=O)N(C)Cc3ccco3)c1)=NC(C)(C)C2. The zero-order valence-electron chi connectivity index (χ0n) is 19.4. The van der Waals surface area contributed by atoms with E-state index in [4.69, 9.17) is 14.1 Å². The Morgan fingerprint density at radius 3 is 2.61 bits per heavy atom. The molecule has 0 bridgehead atoms. The van der Waals surface area contributed by atoms with Crippen LogP contribution in [0.4, 0.5) is 0 Å². The second-order valence-corrected chi connectivity index (χ2v) is 8.99. The minimum absolute atomic E-state index is 0.0800. The summed E-state index contributed by atoms with van der Waals surface area (Å²) in [4.78, 5) is 32.6. The Balaban J connectivity index is 1.55. The number of ether oxygens (including phenoxy) is 1. The normalized spacial score (nSPS) is 14.2. The third kappa shape index (κ3) is 5.06. The molecule has 0 saturated carbocycles. The van der Waals surface area contributed by atoms with Crippen LogP contribution in [0, 0.1) is 0 Å². The van der Waals surface area contributed by atoms with Crippen LogP contribution in [0.1, 0.15) is 57.9 Å². The largest absolute Gasteiger partial charge is 0.497 e. The fraction of sp³-hybridized carbons (Fsp3) is 0.296. The van der Waals surface area contributed by atoms with Gasteiger partial charge in [-0.25, -0.2) is 0 Å². The highest BCUT2D eigenvalue weighted by molar-refractivity contribution is 6.17. The summed E-state index contributed by atoms with van der Waals surface area (Å²) in [6.07, 6.45) is 2.54. The fourth-order valence-corrected chi connectivity index (χ4v) is 4.18. The Labute approximate surface area is 193 Å². The lowest BCUT2D eigenvalue weighted by Gasteiger charge is -2.29. The summed E-state index contributed by atoms with van der Waals surface area (Å²) in [5.41, 5.74) is 3.51. The summed E-state index contributed by atoms with van der Waals surface area (Å²) in [5.74, 6) is 1.18. The molecule has 1 aliphatic rings. The second-order valence-electron chi connectivity index (χ2n) is 8.99. The molecule has 2 aromatic carbocycles. The molecule has 0 N–H and O–H groups in total. The number of hydrogen-bond donors (Lipinski definition) is 0. The maximum Gasteiger partial charge on any atom is 0.254 e. The number of amides is 1. The first-order chi connectivity index (χ1) is 15.8. The van der Waals surface area contributed by atoms with Crippen LogP contribution in [0.2, 0.25) is 0 Å². The van der Waals surface area contributed by atoms with Crippen molar-refractivity contribution in [1.29, 1.82) is 0 Å². The Morgan fingerprint density at radius 2 is 1.88 bits per heavy atom. The standard InChI is InChI=1S/C27H28N2O4/c1-27(2)16-20-10-11-21(32-4)14-23(20)24(28-27)15-25(30)18-7-5-8-19(13-18)26(31)29(3)17-22-9-6-12-33-22/h5-14H,15-17H2,1-4H3. The topological polar surface area (TPSA) is 72.1 Å². The molecule has 33 heavy (non-hydrogen) atoms. The first-order valence-corrected chi connectivity index (χ1v) is 10.9. The summed E-state index contributed by atoms with van der Waals surface area (Å²) >= 11 is 0. The minimum atomic E-state index is -0.288. The zero-order chi connectivity index (χ0) is 23.6. The molecule has 0 spiro atoms. The average molecular weight is 445 g/mol. The molecule has 6 nitrogen and oxygen atoms in total. The molecule has 3 aromatic rings. The summed E-state index contributed by atoms with van der Waals surface area (Å²) < 4.78 is 10.7. The number of rotatable bonds is 7. The van der Waals surface area contributed by atoms with Gasteiger partial charge in [0.2, 0.25) is 0 Å². The van der Waals surface area contributed by atoms with Crippen molar-refractivity contribution >= 4 is 17.4 Å². The quantitative estimate of drug-likeness (QED) is 0.483. The van der Waals surface area contributed by atoms with E-state index in [0.29, 0.717) is 23.4 Å². The van der Waals surface area contributed by atoms with Crippen LogP contribution in [-0.4, -0.2) is 42.0 Å². The number of benzene rings is 2. The molecule has 170 valence electrons. The maximum atomic E-state index is 13.2. The number of Topliss-reactive ketones (excluding diaryl/α,β-unsaturated/α-hetero) is 1. The van der Waals surface area contributed by atoms with E-state index < -0.39 is 0 Å². The highest BCUT2D eigenvalue weighted by atomic mass is 16.5. The van der Waals surface area contributed by atoms with E-state index in [9.17, 15) is 9.59 Å². The number of furan rings is 1. The van der Waals surface area contributed by atoms with Gasteiger partial charge in [0.15, 0.2) is 5.78 Å². The first kappa shape index (κ1) is 22.5. The van der Waals surface area contributed by atoms with Gasteiger partial charge in [0.1, 0.15) is 11.5 Å². The third-order valence-corrected chi connectivity index (χ3v) is 5.77. The molecule has 0 unspecified atom stereocenters. The van der Waals surface area contributed by atoms with Gasteiger partial charge in [0.25, 0.3) is 5.91 Å². The molecule has 0 saturated heterocycles. The maximum absolute atomic E-state index is 13.2. The van der Waals surface area contributed by atoms with Crippen LogP contribution >= 0.6 is 0 Å². The lowest BCUT2D eigenvalue weighted by atomic mass is 9.85. The molecule has 2 heterocycles. The van der Waals surface area contributed by atoms with Crippen LogP contribution in [0.5, 0.6) is 5.75 Å². The number of aliphatic imine (C=N–C) groups is 1. The Morgan fingerprint density at radius 1 is 1.09 bits per heavy atom. The van der Waals surface area contributed by atoms with Crippen LogP contribution in [0.15, 0.2) is 70.3 Å². The number of ketones is 1. The van der Waals surface area contributed by atoms with E-state index in [1.807, 2.05) is 24.3 Å². The van der Waals surface area contributed by atoms with Gasteiger partial charge >= 0.3 is 0 Å². The van der Waals surface area contributed by atoms with Crippen molar-refractivity contribution in [3.8, 4) is 5.75 Å². The highest BCUT2D eigenvalue weighted by Crippen LogP contribution is 2.31. The lowest BCUT2D eigenvalue weighted by Crippen LogP contribution is -2.30. The zero-order valence-corrected chi connectivity index (χ0v) is 19.4. The van der Waals surface area contributed by atoms with Gasteiger partial charge in [-0.2, -0.15) is 0 Å². The van der Waals surface area contributed by atoms with Gasteiger partial charge in [-0.15, -0.1) is 0 Å². The van der Waals surface area contributed by atoms with Crippen molar-refractivity contribution in [3.05, 3.63) is 88.9 Å². The van der Waals surface area contributed by atoms with Crippen LogP contribution in [0.3, 0.4) is 0 Å². The number of hydrogen-bond acceptors (Lipinski definition) is 5. The first-order valence-electron chi connectivity index (χ1n) is 10.9. The van der Waals surface area contributed by atoms with Gasteiger partial charge in [0, 0.05) is 23.7 Å². The Bertz CT molecular complexity index is 1210. The van der Waals surface area contributed by atoms with E-state index in [1.54, 1.807) is 55.7 Å². The van der Waals surface area contributed by atoms with Crippen LogP contribution in [0.25, 0.3) is 0 Å². The molecule has 0 atom stereocenters. The molecule has 0 radical (unpaired) electrons. The molecule has 0 aliphatic carbocycles. The molecule has 1 aromatic heterocycles. The molecular formula is C27H28N2O4. The summed E-state index contributed by atoms with van der Waals surface area (Å²) in [7, 11) is 3.34. The van der Waals surface area contributed by atoms with Crippen molar-refractivity contribution in [2.45, 2.75) is 38.8 Å². The van der Waals surface area contributed by atoms with Gasteiger partial charge < -0.3 is 14.1 Å². The highest BCUT2D eigenvalue weighted by Gasteiger charge is 2.28. The Hall–Kier alpha value is -3.67. The van der Waals surface area contributed by atoms with Gasteiger partial charge in [-0.3, -0.25) is 14.6 Å². The van der Waals surface area contributed by atoms with Gasteiger partial charge in [-0.05, 0) is 62.2 Å². The fourth-order valence-electron chi connectivity index (χ4n) is 4.18. The van der Waals surface area contributed by atoms with Crippen LogP contribution < -0.4 is 4.74 Å². The van der Waals surface area contributed by atoms with E-state index in [0.717, 1.165) is 29.0 Å². The third-order valence-electron chi connectivity index (χ3n) is 5.77. The Kier molecular flexibility index (Phi) is 6.18. The smallest absolute Gasteiger partial charge is 0.254 e. The number of methoxy groups -OCH3 is 1. The second kappa shape index (κ2) is 9.06. The minimum Gasteiger partial charge on any atom is -0.497 e. The van der Waals surface area contributed by atoms with Gasteiger partial charge in [0.05, 0.1) is 37.6 Å². The molecule has 6 heteroatoms. The van der Waals surface area contributed by atoms with Crippen LogP contribution in [-0.2, 0) is 13.0 Å². The number of carbonyl (C=O) groups excluding carboxylic acids is 2. The van der Waals surface area contributed by atoms with E-state index in [2.05, 4.69) is 13.8 Å². The van der Waals surface area contributed by atoms with E-state index in [-0.39, 0.29) is 23.7 Å². The summed E-state index contributed by atoms with van der Waals surface area (Å²) in [6, 6.07) is 16.4. The molecule has 1 amide bonds. The summed E-state index contributed by atoms with van der Waals surface area (Å²) in [5, 5.41) is 0. The molecule has 1 aliphatic heterocycles. The van der Waals surface area contributed by atoms with Crippen molar-refractivity contribution in [3.63, 3.8) is 0 Å². The molecular weight excluding hydrogens is 416 g/mol. The van der Waals surface area contributed by atoms with Crippen molar-refractivity contribution in [2.75, 3.05) is 14.2 Å². The predicted molar refractivity (Wildman–Crippen MR) is 127 cm³/mol. The van der Waals surface area contributed by atoms with Gasteiger partial charge in [-0.1, -0.05) is 18.2 Å². The summed E-state index contributed by atoms with van der Waals surface area (Å²) in [6.45, 7) is 4.49. The lowest BCUT2D eigenvalue weighted by molar-refractivity contribution is 0.0775. The molecule has 4 rings (SSSR count). The van der Waals surface area contributed by atoms with E-state index in [1.165, 1.54) is 0 Å². The van der Waals surface area contributed by atoms with Crippen molar-refractivity contribution in [1.82, 2.24) is 4.90 Å². The van der Waals surface area contributed by atoms with Crippen molar-refractivity contribution < 1.29 is 18.7 Å². The number of carbonyl (C=O) groups is 2.